The van der Waals surface area contributed by atoms with Crippen LogP contribution in [0.3, 0.4) is 0 Å². The van der Waals surface area contributed by atoms with Crippen molar-refractivity contribution >= 4 is 5.91 Å². The first-order valence-corrected chi connectivity index (χ1v) is 8.19. The average Bonchev–Trinajstić information content (AvgIpc) is 2.62. The first-order chi connectivity index (χ1) is 11.8. The Morgan fingerprint density at radius 3 is 1.96 bits per heavy atom. The quantitative estimate of drug-likeness (QED) is 0.560. The number of nitrogens with zero attached hydrogens (tertiary/aromatic N) is 2. The van der Waals surface area contributed by atoms with Gasteiger partial charge in [-0.3, -0.25) is 9.73 Å². The molecule has 2 rings (SSSR count). The van der Waals surface area contributed by atoms with Crippen molar-refractivity contribution in [2.75, 3.05) is 0 Å². The number of hydrogen-bond acceptors (Lipinski definition) is 4. The van der Waals surface area contributed by atoms with Crippen molar-refractivity contribution in [3.8, 4) is 0 Å². The summed E-state index contributed by atoms with van der Waals surface area (Å²) in [4.78, 5) is 15.2. The first kappa shape index (κ1) is 17.8. The van der Waals surface area contributed by atoms with Gasteiger partial charge in [0.25, 0.3) is 5.91 Å². The molecule has 0 atom stereocenters. The Morgan fingerprint density at radius 2 is 1.38 bits per heavy atom. The fourth-order valence-electron chi connectivity index (χ4n) is 2.58. The van der Waals surface area contributed by atoms with Crippen LogP contribution in [0.2, 0.25) is 0 Å². The van der Waals surface area contributed by atoms with E-state index in [4.69, 9.17) is 0 Å². The number of hydrogen-bond donors (Lipinski definition) is 1. The van der Waals surface area contributed by atoms with Gasteiger partial charge in [0.1, 0.15) is 0 Å². The molecule has 0 aliphatic carbocycles. The number of carbonyl (C=O) groups excluding carboxylic acids is 1. The van der Waals surface area contributed by atoms with Crippen molar-refractivity contribution in [3.05, 3.63) is 71.3 Å². The lowest BCUT2D eigenvalue weighted by Gasteiger charge is -2.05. The molecule has 24 heavy (non-hydrogen) atoms. The second-order valence-corrected chi connectivity index (χ2v) is 5.69. The van der Waals surface area contributed by atoms with Crippen molar-refractivity contribution < 1.29 is 9.73 Å². The third kappa shape index (κ3) is 6.71. The van der Waals surface area contributed by atoms with Crippen LogP contribution in [0.4, 0.5) is 0 Å². The molecule has 2 N–H and O–H groups in total. The molecule has 5 nitrogen and oxygen atoms in total. The van der Waals surface area contributed by atoms with Gasteiger partial charge in [0.05, 0.1) is 5.28 Å². The highest BCUT2D eigenvalue weighted by Crippen LogP contribution is 2.12. The summed E-state index contributed by atoms with van der Waals surface area (Å²) >= 11 is 0. The Bertz CT molecular complexity index is 639. The maximum absolute atomic E-state index is 11.3. The summed E-state index contributed by atoms with van der Waals surface area (Å²) in [5.41, 5.74) is 3.96. The van der Waals surface area contributed by atoms with Gasteiger partial charge >= 0.3 is 0 Å². The van der Waals surface area contributed by atoms with Crippen LogP contribution in [0.1, 0.15) is 36.0 Å². The molecule has 0 saturated heterocycles. The Kier molecular flexibility index (Phi) is 7.63. The summed E-state index contributed by atoms with van der Waals surface area (Å²) in [6, 6.07) is 19.2. The summed E-state index contributed by atoms with van der Waals surface area (Å²) in [6.07, 6.45) is 5.24. The lowest BCUT2D eigenvalue weighted by Crippen LogP contribution is -1.96. The Hall–Kier alpha value is -2.53. The molecule has 2 aromatic carbocycles. The number of rotatable bonds is 9. The third-order valence-electron chi connectivity index (χ3n) is 3.85. The van der Waals surface area contributed by atoms with Crippen LogP contribution in [0.5, 0.6) is 0 Å². The lowest BCUT2D eigenvalue weighted by atomic mass is 10.0. The van der Waals surface area contributed by atoms with Gasteiger partial charge in [-0.25, -0.2) is 0 Å². The molecular formula is C19H23N3O2. The van der Waals surface area contributed by atoms with Gasteiger partial charge in [-0.1, -0.05) is 59.7 Å². The molecule has 0 spiro atoms. The van der Waals surface area contributed by atoms with Crippen molar-refractivity contribution in [2.45, 2.75) is 38.5 Å². The van der Waals surface area contributed by atoms with Crippen LogP contribution < -0.4 is 5.90 Å². The fourth-order valence-corrected chi connectivity index (χ4v) is 2.58. The Morgan fingerprint density at radius 1 is 0.833 bits per heavy atom. The van der Waals surface area contributed by atoms with Crippen LogP contribution in [-0.2, 0) is 29.0 Å². The summed E-state index contributed by atoms with van der Waals surface area (Å²) in [6.45, 7) is 0. The standard InChI is InChI=1S/C19H23N3O2/c20-24-22-21-19(23)11-5-10-18-14-12-17(13-15-18)9-4-8-16-6-2-1-3-7-16/h1-3,6-7,12-15H,4-5,8-11,20H2. The van der Waals surface area contributed by atoms with Gasteiger partial charge in [0.2, 0.25) is 0 Å². The minimum Gasteiger partial charge on any atom is -0.282 e. The molecule has 0 fully saturated rings. The largest absolute Gasteiger partial charge is 0.282 e. The van der Waals surface area contributed by atoms with E-state index in [9.17, 15) is 4.79 Å². The van der Waals surface area contributed by atoms with Crippen molar-refractivity contribution in [2.24, 2.45) is 16.3 Å². The van der Waals surface area contributed by atoms with Gasteiger partial charge in [-0.2, -0.15) is 0 Å². The van der Waals surface area contributed by atoms with E-state index in [1.165, 1.54) is 16.7 Å². The SMILES string of the molecule is NON=NC(=O)CCCc1ccc(CCCc2ccccc2)cc1. The number of amides is 1. The normalized spacial score (nSPS) is 10.9. The van der Waals surface area contributed by atoms with Crippen molar-refractivity contribution in [3.63, 3.8) is 0 Å². The minimum atomic E-state index is -0.321. The maximum Gasteiger partial charge on any atom is 0.268 e. The van der Waals surface area contributed by atoms with E-state index in [-0.39, 0.29) is 5.91 Å². The van der Waals surface area contributed by atoms with Crippen LogP contribution in [0.15, 0.2) is 65.0 Å². The molecule has 1 amide bonds. The predicted molar refractivity (Wildman–Crippen MR) is 93.0 cm³/mol. The molecule has 0 heterocycles. The van der Waals surface area contributed by atoms with Gasteiger partial charge in [-0.15, -0.1) is 5.90 Å². The number of carbonyl (C=O) groups is 1. The van der Waals surface area contributed by atoms with Gasteiger partial charge in [0, 0.05) is 6.42 Å². The van der Waals surface area contributed by atoms with Gasteiger partial charge < -0.3 is 0 Å². The van der Waals surface area contributed by atoms with Crippen LogP contribution in [0.25, 0.3) is 0 Å². The van der Waals surface area contributed by atoms with Gasteiger partial charge in [-0.05, 0) is 48.8 Å². The van der Waals surface area contributed by atoms with Crippen LogP contribution >= 0.6 is 0 Å². The zero-order chi connectivity index (χ0) is 17.0. The first-order valence-electron chi connectivity index (χ1n) is 8.19. The van der Waals surface area contributed by atoms with Crippen molar-refractivity contribution in [1.29, 1.82) is 0 Å². The fraction of sp³-hybridized carbons (Fsp3) is 0.316. The minimum absolute atomic E-state index is 0.321. The molecule has 5 heteroatoms. The van der Waals surface area contributed by atoms with E-state index in [1.807, 2.05) is 6.07 Å². The van der Waals surface area contributed by atoms with Crippen molar-refractivity contribution in [1.82, 2.24) is 0 Å². The average molecular weight is 325 g/mol. The maximum atomic E-state index is 11.3. The highest BCUT2D eigenvalue weighted by Gasteiger charge is 2.01. The second-order valence-electron chi connectivity index (χ2n) is 5.69. The highest BCUT2D eigenvalue weighted by atomic mass is 16.8. The van der Waals surface area contributed by atoms with E-state index in [2.05, 4.69) is 69.8 Å². The van der Waals surface area contributed by atoms with Gasteiger partial charge in [0.15, 0.2) is 0 Å². The highest BCUT2D eigenvalue weighted by molar-refractivity contribution is 5.76. The summed E-state index contributed by atoms with van der Waals surface area (Å²) < 4.78 is 0. The zero-order valence-corrected chi connectivity index (χ0v) is 13.7. The molecule has 0 radical (unpaired) electrons. The molecule has 0 unspecified atom stereocenters. The molecule has 0 aromatic heterocycles. The third-order valence-corrected chi connectivity index (χ3v) is 3.85. The van der Waals surface area contributed by atoms with Crippen LogP contribution in [-0.4, -0.2) is 5.91 Å². The summed E-state index contributed by atoms with van der Waals surface area (Å²) in [5.74, 6) is 4.34. The molecule has 0 saturated carbocycles. The zero-order valence-electron chi connectivity index (χ0n) is 13.7. The van der Waals surface area contributed by atoms with E-state index < -0.39 is 0 Å². The molecule has 0 aliphatic heterocycles. The number of nitrogens with two attached hydrogens (primary N) is 1. The molecular weight excluding hydrogens is 302 g/mol. The van der Waals surface area contributed by atoms with E-state index in [0.29, 0.717) is 6.42 Å². The Balaban J connectivity index is 1.68. The second kappa shape index (κ2) is 10.3. The molecule has 126 valence electrons. The molecule has 0 aliphatic rings. The van der Waals surface area contributed by atoms with Crippen LogP contribution in [0, 0.1) is 0 Å². The Labute approximate surface area is 142 Å². The van der Waals surface area contributed by atoms with E-state index in [1.54, 1.807) is 0 Å². The number of benzene rings is 2. The number of aryl methyl sites for hydroxylation is 3. The smallest absolute Gasteiger partial charge is 0.268 e. The topological polar surface area (TPSA) is 77.0 Å². The summed E-state index contributed by atoms with van der Waals surface area (Å²) in [5, 5.41) is 6.30. The molecule has 2 aromatic rings. The predicted octanol–water partition coefficient (Wildman–Crippen LogP) is 3.97. The summed E-state index contributed by atoms with van der Waals surface area (Å²) in [7, 11) is 0. The van der Waals surface area contributed by atoms with E-state index >= 15 is 0 Å². The lowest BCUT2D eigenvalue weighted by molar-refractivity contribution is -0.119. The van der Waals surface area contributed by atoms with E-state index in [0.717, 1.165) is 32.1 Å². The molecule has 0 bridgehead atoms. The monoisotopic (exact) mass is 325 g/mol.